The van der Waals surface area contributed by atoms with Gasteiger partial charge in [-0.3, -0.25) is 14.4 Å². The Hall–Kier alpha value is -2.70. The Morgan fingerprint density at radius 3 is 2.20 bits per heavy atom. The maximum absolute atomic E-state index is 12.6. The average molecular weight is 795 g/mol. The number of fused-ring (bicyclic) bond motifs is 5. The highest BCUT2D eigenvalue weighted by Gasteiger charge is 2.68. The number of hydrogen-bond acceptors (Lipinski definition) is 16. The van der Waals surface area contributed by atoms with Crippen molar-refractivity contribution in [1.29, 1.82) is 0 Å². The number of aliphatic hydroxyl groups excluding tert-OH is 3. The predicted octanol–water partition coefficient (Wildman–Crippen LogP) is 1.60. The van der Waals surface area contributed by atoms with Crippen molar-refractivity contribution in [3.05, 3.63) is 11.6 Å². The lowest BCUT2D eigenvalue weighted by atomic mass is 9.43. The highest BCUT2D eigenvalue weighted by Crippen LogP contribution is 2.70. The summed E-state index contributed by atoms with van der Waals surface area (Å²) >= 11 is 0. The zero-order valence-corrected chi connectivity index (χ0v) is 32.8. The van der Waals surface area contributed by atoms with E-state index in [1.54, 1.807) is 6.08 Å². The van der Waals surface area contributed by atoms with Gasteiger partial charge in [0.2, 0.25) is 0 Å². The van der Waals surface area contributed by atoms with E-state index in [0.717, 1.165) is 57.9 Å². The summed E-state index contributed by atoms with van der Waals surface area (Å²) in [6.07, 6.45) is -3.95. The first-order valence-corrected chi connectivity index (χ1v) is 20.1. The van der Waals surface area contributed by atoms with Crippen LogP contribution in [-0.4, -0.2) is 131 Å². The number of esters is 4. The van der Waals surface area contributed by atoms with Crippen LogP contribution in [0.1, 0.15) is 92.4 Å². The molecule has 314 valence electrons. The number of cyclic esters (lactones) is 1. The predicted molar refractivity (Wildman–Crippen MR) is 190 cm³/mol. The van der Waals surface area contributed by atoms with Gasteiger partial charge >= 0.3 is 23.9 Å². The molecule has 0 unspecified atom stereocenters. The summed E-state index contributed by atoms with van der Waals surface area (Å²) in [4.78, 5) is 48.4. The summed E-state index contributed by atoms with van der Waals surface area (Å²) < 4.78 is 46.1. The van der Waals surface area contributed by atoms with E-state index in [2.05, 4.69) is 13.8 Å². The van der Waals surface area contributed by atoms with E-state index in [1.165, 1.54) is 6.92 Å². The molecule has 17 atom stereocenters. The largest absolute Gasteiger partial charge is 0.458 e. The van der Waals surface area contributed by atoms with Crippen LogP contribution in [0.25, 0.3) is 0 Å². The Balaban J connectivity index is 1.06. The quantitative estimate of drug-likeness (QED) is 0.148. The van der Waals surface area contributed by atoms with Crippen LogP contribution in [0, 0.1) is 34.5 Å². The fraction of sp³-hybridized carbons (Fsp3) is 0.850. The van der Waals surface area contributed by atoms with Crippen LogP contribution in [0.4, 0.5) is 0 Å². The third-order valence-corrected chi connectivity index (χ3v) is 14.7. The van der Waals surface area contributed by atoms with Crippen LogP contribution in [0.2, 0.25) is 0 Å². The number of carbonyl (C=O) groups is 4. The monoisotopic (exact) mass is 794 g/mol. The summed E-state index contributed by atoms with van der Waals surface area (Å²) in [5, 5.41) is 44.6. The van der Waals surface area contributed by atoms with Crippen LogP contribution in [0.5, 0.6) is 0 Å². The van der Waals surface area contributed by atoms with Gasteiger partial charge in [-0.1, -0.05) is 13.8 Å². The van der Waals surface area contributed by atoms with Gasteiger partial charge < -0.3 is 58.3 Å². The zero-order chi connectivity index (χ0) is 40.3. The van der Waals surface area contributed by atoms with Crippen LogP contribution in [0.3, 0.4) is 0 Å². The molecule has 3 heterocycles. The number of carbonyl (C=O) groups excluding carboxylic acids is 4. The van der Waals surface area contributed by atoms with Gasteiger partial charge in [0.25, 0.3) is 0 Å². The molecule has 4 aliphatic carbocycles. The van der Waals surface area contributed by atoms with Crippen molar-refractivity contribution in [3.63, 3.8) is 0 Å². The lowest BCUT2D eigenvalue weighted by Crippen LogP contribution is -2.65. The minimum atomic E-state index is -1.71. The van der Waals surface area contributed by atoms with Gasteiger partial charge in [0.1, 0.15) is 31.0 Å². The summed E-state index contributed by atoms with van der Waals surface area (Å²) in [7, 11) is 0. The molecule has 0 radical (unpaired) electrons. The summed E-state index contributed by atoms with van der Waals surface area (Å²) in [5.41, 5.74) is -0.227. The molecule has 4 saturated carbocycles. The minimum Gasteiger partial charge on any atom is -0.458 e. The fourth-order valence-electron chi connectivity index (χ4n) is 12.0. The van der Waals surface area contributed by atoms with Crippen molar-refractivity contribution in [3.8, 4) is 0 Å². The van der Waals surface area contributed by atoms with Gasteiger partial charge in [-0.15, -0.1) is 0 Å². The van der Waals surface area contributed by atoms with Crippen molar-refractivity contribution in [2.75, 3.05) is 19.8 Å². The molecule has 6 fully saturated rings. The second-order valence-corrected chi connectivity index (χ2v) is 17.6. The van der Waals surface area contributed by atoms with Gasteiger partial charge in [0, 0.05) is 32.3 Å². The highest BCUT2D eigenvalue weighted by molar-refractivity contribution is 5.85. The second kappa shape index (κ2) is 15.8. The first kappa shape index (κ1) is 41.5. The molecule has 16 nitrogen and oxygen atoms in total. The Morgan fingerprint density at radius 2 is 1.54 bits per heavy atom. The van der Waals surface area contributed by atoms with Gasteiger partial charge in [-0.25, -0.2) is 4.79 Å². The number of aliphatic hydroxyl groups is 4. The lowest BCUT2D eigenvalue weighted by molar-refractivity contribution is -0.356. The number of hydrogen-bond donors (Lipinski definition) is 4. The third kappa shape index (κ3) is 7.30. The number of rotatable bonds is 9. The van der Waals surface area contributed by atoms with E-state index in [4.69, 9.17) is 37.9 Å². The first-order chi connectivity index (χ1) is 26.5. The maximum atomic E-state index is 12.6. The molecule has 2 saturated heterocycles. The summed E-state index contributed by atoms with van der Waals surface area (Å²) in [6, 6.07) is 0. The molecule has 4 N–H and O–H groups in total. The molecule has 0 bridgehead atoms. The van der Waals surface area contributed by atoms with Crippen LogP contribution in [0.15, 0.2) is 11.6 Å². The molecule has 0 aromatic rings. The van der Waals surface area contributed by atoms with E-state index in [0.29, 0.717) is 31.8 Å². The molecule has 0 aromatic carbocycles. The minimum absolute atomic E-state index is 0.0565. The molecule has 16 heteroatoms. The standard InChI is InChI=1S/C40H58O16/c1-19(42)51-29-18-50-36(32(47)31(29)46)56-33-28(16-41)55-37(35(53-21(3)44)34(33)52-20(2)43)54-24-8-11-38(4)23(15-24)6-7-27-26(38)9-12-39(5)25(10-13-40(27,39)48)22-14-30(45)49-17-22/h14,23-29,31-37,41,46-48H,6-13,15-18H2,1-5H3/t23-,24+,25-,26+,27-,28-,29-,31+,32-,33-,34-,35-,36+,37-,38+,39-,40+/m1/s1. The van der Waals surface area contributed by atoms with E-state index < -0.39 is 85.4 Å². The normalized spacial score (nSPS) is 47.4. The maximum Gasteiger partial charge on any atom is 0.331 e. The van der Waals surface area contributed by atoms with Crippen molar-refractivity contribution in [1.82, 2.24) is 0 Å². The van der Waals surface area contributed by atoms with E-state index in [-0.39, 0.29) is 47.3 Å². The summed E-state index contributed by atoms with van der Waals surface area (Å²) in [6.45, 7) is 7.40. The topological polar surface area (TPSA) is 223 Å². The van der Waals surface area contributed by atoms with E-state index in [1.807, 2.05) is 0 Å². The molecule has 0 aromatic heterocycles. The smallest absolute Gasteiger partial charge is 0.331 e. The zero-order valence-electron chi connectivity index (χ0n) is 32.8. The van der Waals surface area contributed by atoms with E-state index >= 15 is 0 Å². The van der Waals surface area contributed by atoms with E-state index in [9.17, 15) is 39.6 Å². The van der Waals surface area contributed by atoms with Crippen LogP contribution < -0.4 is 0 Å². The Labute approximate surface area is 326 Å². The Kier molecular flexibility index (Phi) is 11.7. The molecule has 3 aliphatic heterocycles. The SMILES string of the molecule is CC(=O)O[C@H]1[C@@H](OC(C)=O)[C@H](O[C@H]2CC[C@@]3(C)[C@H](CC[C@@H]4[C@@H]3CC[C@]3(C)[C@@H](C5=CC(=O)OC5)CC[C@]43O)C2)O[C@H](CO)[C@H]1O[C@@H]1OC[C@@H](OC(C)=O)[C@H](O)[C@H]1O. The molecule has 7 rings (SSSR count). The fourth-order valence-corrected chi connectivity index (χ4v) is 12.0. The van der Waals surface area contributed by atoms with Crippen LogP contribution >= 0.6 is 0 Å². The van der Waals surface area contributed by atoms with Crippen molar-refractivity contribution < 1.29 is 77.5 Å². The van der Waals surface area contributed by atoms with Crippen LogP contribution in [-0.2, 0) is 57.1 Å². The van der Waals surface area contributed by atoms with Crippen molar-refractivity contribution in [2.45, 2.75) is 159 Å². The average Bonchev–Trinajstić information content (AvgIpc) is 3.68. The van der Waals surface area contributed by atoms with Crippen molar-refractivity contribution in [2.24, 2.45) is 34.5 Å². The Morgan fingerprint density at radius 1 is 0.821 bits per heavy atom. The lowest BCUT2D eigenvalue weighted by Gasteiger charge is -2.64. The molecular weight excluding hydrogens is 736 g/mol. The molecule has 0 amide bonds. The molecule has 0 spiro atoms. The van der Waals surface area contributed by atoms with Gasteiger partial charge in [-0.05, 0) is 92.4 Å². The third-order valence-electron chi connectivity index (χ3n) is 14.7. The molecule has 56 heavy (non-hydrogen) atoms. The second-order valence-electron chi connectivity index (χ2n) is 17.6. The van der Waals surface area contributed by atoms with Gasteiger partial charge in [0.05, 0.1) is 24.9 Å². The Bertz CT molecular complexity index is 1550. The van der Waals surface area contributed by atoms with Crippen molar-refractivity contribution >= 4 is 23.9 Å². The summed E-state index contributed by atoms with van der Waals surface area (Å²) in [5.74, 6) is -1.62. The molecular formula is C40H58O16. The molecule has 7 aliphatic rings. The number of ether oxygens (including phenoxy) is 8. The highest BCUT2D eigenvalue weighted by atomic mass is 16.8. The van der Waals surface area contributed by atoms with Gasteiger partial charge in [-0.2, -0.15) is 0 Å². The van der Waals surface area contributed by atoms with Gasteiger partial charge in [0.15, 0.2) is 30.9 Å². The first-order valence-electron chi connectivity index (χ1n) is 20.1.